The molecular formula is C23H22O4. The van der Waals surface area contributed by atoms with Crippen molar-refractivity contribution in [1.82, 2.24) is 0 Å². The van der Waals surface area contributed by atoms with Crippen molar-refractivity contribution in [1.29, 1.82) is 0 Å². The lowest BCUT2D eigenvalue weighted by molar-refractivity contribution is 0.0693. The third kappa shape index (κ3) is 4.88. The molecule has 0 spiro atoms. The van der Waals surface area contributed by atoms with Crippen molar-refractivity contribution < 1.29 is 19.7 Å². The molecule has 4 heteroatoms. The van der Waals surface area contributed by atoms with Crippen LogP contribution in [-0.4, -0.2) is 16.2 Å². The maximum Gasteiger partial charge on any atom is 0.339 e. The number of carboxylic acid groups (broad SMARTS) is 1. The molecule has 0 radical (unpaired) electrons. The zero-order valence-corrected chi connectivity index (χ0v) is 15.0. The van der Waals surface area contributed by atoms with Crippen molar-refractivity contribution in [2.75, 3.05) is 0 Å². The molecular weight excluding hydrogens is 340 g/mol. The predicted molar refractivity (Wildman–Crippen MR) is 104 cm³/mol. The van der Waals surface area contributed by atoms with Crippen molar-refractivity contribution in [3.05, 3.63) is 95.1 Å². The van der Waals surface area contributed by atoms with Crippen molar-refractivity contribution in [3.8, 4) is 11.5 Å². The van der Waals surface area contributed by atoms with Crippen LogP contribution >= 0.6 is 0 Å². The Kier molecular flexibility index (Phi) is 6.10. The lowest BCUT2D eigenvalue weighted by atomic mass is 10.0. The zero-order valence-electron chi connectivity index (χ0n) is 15.0. The average Bonchev–Trinajstić information content (AvgIpc) is 2.69. The number of hydrogen-bond donors (Lipinski definition) is 2. The summed E-state index contributed by atoms with van der Waals surface area (Å²) in [5.41, 5.74) is 2.81. The molecule has 4 nitrogen and oxygen atoms in total. The summed E-state index contributed by atoms with van der Waals surface area (Å²) in [5, 5.41) is 19.2. The van der Waals surface area contributed by atoms with Gasteiger partial charge in [0.1, 0.15) is 23.7 Å². The summed E-state index contributed by atoms with van der Waals surface area (Å²) in [7, 11) is 0. The Hall–Kier alpha value is -3.27. The van der Waals surface area contributed by atoms with Crippen molar-refractivity contribution >= 4 is 5.97 Å². The minimum absolute atomic E-state index is 0.0564. The van der Waals surface area contributed by atoms with Crippen LogP contribution in [0.5, 0.6) is 11.5 Å². The van der Waals surface area contributed by atoms with E-state index in [4.69, 9.17) is 9.84 Å². The highest BCUT2D eigenvalue weighted by atomic mass is 16.5. The second-order valence-electron chi connectivity index (χ2n) is 6.35. The van der Waals surface area contributed by atoms with Crippen LogP contribution in [-0.2, 0) is 19.4 Å². The largest absolute Gasteiger partial charge is 0.507 e. The van der Waals surface area contributed by atoms with Gasteiger partial charge in [-0.1, -0.05) is 60.7 Å². The van der Waals surface area contributed by atoms with E-state index in [0.717, 1.165) is 29.7 Å². The first-order chi connectivity index (χ1) is 13.1. The first-order valence-electron chi connectivity index (χ1n) is 8.94. The number of hydrogen-bond acceptors (Lipinski definition) is 3. The quantitative estimate of drug-likeness (QED) is 0.601. The SMILES string of the molecule is O=C(O)c1cccc(CCCc2ccccc2OCc2ccccc2)c1O. The van der Waals surface area contributed by atoms with Gasteiger partial charge < -0.3 is 14.9 Å². The highest BCUT2D eigenvalue weighted by Crippen LogP contribution is 2.26. The second kappa shape index (κ2) is 8.90. The van der Waals surface area contributed by atoms with Crippen LogP contribution < -0.4 is 4.74 Å². The van der Waals surface area contributed by atoms with Crippen LogP contribution in [0.25, 0.3) is 0 Å². The molecule has 3 aromatic rings. The van der Waals surface area contributed by atoms with E-state index >= 15 is 0 Å². The zero-order chi connectivity index (χ0) is 19.1. The number of aryl methyl sites for hydroxylation is 2. The van der Waals surface area contributed by atoms with E-state index in [9.17, 15) is 9.90 Å². The normalized spacial score (nSPS) is 10.5. The lowest BCUT2D eigenvalue weighted by Crippen LogP contribution is -2.01. The summed E-state index contributed by atoms with van der Waals surface area (Å²) in [4.78, 5) is 11.1. The first kappa shape index (κ1) is 18.5. The molecule has 0 aromatic heterocycles. The number of phenols is 1. The fourth-order valence-electron chi connectivity index (χ4n) is 3.02. The number of carbonyl (C=O) groups is 1. The van der Waals surface area contributed by atoms with Gasteiger partial charge in [0.25, 0.3) is 0 Å². The summed E-state index contributed by atoms with van der Waals surface area (Å²) in [6.07, 6.45) is 2.16. The topological polar surface area (TPSA) is 66.8 Å². The molecule has 0 unspecified atom stereocenters. The standard InChI is InChI=1S/C23H22O4/c24-22-19(13-7-14-20(22)23(25)26)12-6-11-18-10-4-5-15-21(18)27-16-17-8-2-1-3-9-17/h1-5,7-10,13-15,24H,6,11-12,16H2,(H,25,26). The molecule has 0 aliphatic rings. The molecule has 2 N–H and O–H groups in total. The molecule has 0 saturated heterocycles. The van der Waals surface area contributed by atoms with Crippen molar-refractivity contribution in [2.24, 2.45) is 0 Å². The number of carboxylic acids is 1. The van der Waals surface area contributed by atoms with Crippen LogP contribution in [0.2, 0.25) is 0 Å². The summed E-state index contributed by atoms with van der Waals surface area (Å²) < 4.78 is 5.97. The smallest absolute Gasteiger partial charge is 0.339 e. The van der Waals surface area contributed by atoms with Crippen molar-refractivity contribution in [2.45, 2.75) is 25.9 Å². The fourth-order valence-corrected chi connectivity index (χ4v) is 3.02. The van der Waals surface area contributed by atoms with E-state index in [0.29, 0.717) is 18.6 Å². The highest BCUT2D eigenvalue weighted by molar-refractivity contribution is 5.91. The van der Waals surface area contributed by atoms with Gasteiger partial charge in [-0.2, -0.15) is 0 Å². The number of rotatable bonds is 8. The van der Waals surface area contributed by atoms with Gasteiger partial charge in [-0.3, -0.25) is 0 Å². The lowest BCUT2D eigenvalue weighted by Gasteiger charge is -2.12. The van der Waals surface area contributed by atoms with Gasteiger partial charge in [0.2, 0.25) is 0 Å². The molecule has 0 saturated carbocycles. The predicted octanol–water partition coefficient (Wildman–Crippen LogP) is 4.84. The van der Waals surface area contributed by atoms with Crippen molar-refractivity contribution in [3.63, 3.8) is 0 Å². The molecule has 0 fully saturated rings. The summed E-state index contributed by atoms with van der Waals surface area (Å²) in [5.74, 6) is -0.405. The Morgan fingerprint density at radius 1 is 0.815 bits per heavy atom. The molecule has 3 aromatic carbocycles. The maximum absolute atomic E-state index is 11.1. The van der Waals surface area contributed by atoms with Crippen LogP contribution in [0.4, 0.5) is 0 Å². The summed E-state index contributed by atoms with van der Waals surface area (Å²) in [6.45, 7) is 0.513. The Morgan fingerprint density at radius 2 is 1.48 bits per heavy atom. The monoisotopic (exact) mass is 362 g/mol. The first-order valence-corrected chi connectivity index (χ1v) is 8.94. The van der Waals surface area contributed by atoms with Crippen LogP contribution in [0.15, 0.2) is 72.8 Å². The van der Waals surface area contributed by atoms with Gasteiger partial charge in [-0.15, -0.1) is 0 Å². The Balaban J connectivity index is 1.62. The third-order valence-electron chi connectivity index (χ3n) is 4.45. The van der Waals surface area contributed by atoms with Gasteiger partial charge in [-0.25, -0.2) is 4.79 Å². The molecule has 138 valence electrons. The van der Waals surface area contributed by atoms with Gasteiger partial charge >= 0.3 is 5.97 Å². The van der Waals surface area contributed by atoms with E-state index in [1.807, 2.05) is 54.6 Å². The Morgan fingerprint density at radius 3 is 2.26 bits per heavy atom. The number of benzene rings is 3. The van der Waals surface area contributed by atoms with Crippen LogP contribution in [0.3, 0.4) is 0 Å². The Labute approximate surface area is 158 Å². The van der Waals surface area contributed by atoms with Gasteiger partial charge in [0.05, 0.1) is 0 Å². The molecule has 3 rings (SSSR count). The van der Waals surface area contributed by atoms with E-state index in [2.05, 4.69) is 0 Å². The molecule has 0 bridgehead atoms. The van der Waals surface area contributed by atoms with Crippen LogP contribution in [0, 0.1) is 0 Å². The van der Waals surface area contributed by atoms with E-state index in [1.54, 1.807) is 12.1 Å². The fraction of sp³-hybridized carbons (Fsp3) is 0.174. The van der Waals surface area contributed by atoms with Gasteiger partial charge in [0.15, 0.2) is 0 Å². The molecule has 0 atom stereocenters. The van der Waals surface area contributed by atoms with Gasteiger partial charge in [0, 0.05) is 0 Å². The minimum Gasteiger partial charge on any atom is -0.507 e. The van der Waals surface area contributed by atoms with E-state index < -0.39 is 5.97 Å². The minimum atomic E-state index is -1.12. The average molecular weight is 362 g/mol. The molecule has 0 aliphatic heterocycles. The van der Waals surface area contributed by atoms with Gasteiger partial charge in [-0.05, 0) is 48.1 Å². The number of aromatic carboxylic acids is 1. The van der Waals surface area contributed by atoms with E-state index in [1.165, 1.54) is 6.07 Å². The Bertz CT molecular complexity index is 903. The molecule has 0 amide bonds. The number of ether oxygens (including phenoxy) is 1. The molecule has 27 heavy (non-hydrogen) atoms. The second-order valence-corrected chi connectivity index (χ2v) is 6.35. The molecule has 0 heterocycles. The van der Waals surface area contributed by atoms with E-state index in [-0.39, 0.29) is 11.3 Å². The highest BCUT2D eigenvalue weighted by Gasteiger charge is 2.13. The number of aromatic hydroxyl groups is 1. The molecule has 0 aliphatic carbocycles. The third-order valence-corrected chi connectivity index (χ3v) is 4.45. The number of para-hydroxylation sites is 2. The van der Waals surface area contributed by atoms with Crippen LogP contribution in [0.1, 0.15) is 33.5 Å². The summed E-state index contributed by atoms with van der Waals surface area (Å²) in [6, 6.07) is 22.8. The summed E-state index contributed by atoms with van der Waals surface area (Å²) >= 11 is 0. The maximum atomic E-state index is 11.1.